The number of alkyl halides is 7. The third kappa shape index (κ3) is 4.98. The number of hydrogen-bond donors (Lipinski definition) is 2. The van der Waals surface area contributed by atoms with Crippen molar-refractivity contribution in [1.29, 1.82) is 0 Å². The SMILES string of the molecule is O=C(N[C@@H]1CC[C@@]2(S(=O)(=O)c3ccc(F)cc3)c3ccc(C(F)(C(F)(F)F)C(F)(F)F)cc3CCC[C@@H]12)C1(O)CCOCC1. The van der Waals surface area contributed by atoms with E-state index < -0.39 is 67.5 Å². The number of carbonyl (C=O) groups excluding carboxylic acids is 1. The molecule has 2 fully saturated rings. The fraction of sp³-hybridized carbons (Fsp3) is 0.552. The highest BCUT2D eigenvalue weighted by Gasteiger charge is 2.73. The average molecular weight is 656 g/mol. The van der Waals surface area contributed by atoms with Gasteiger partial charge < -0.3 is 15.2 Å². The molecule has 242 valence electrons. The molecule has 1 saturated heterocycles. The topological polar surface area (TPSA) is 92.7 Å². The summed E-state index contributed by atoms with van der Waals surface area (Å²) in [7, 11) is -4.57. The van der Waals surface area contributed by atoms with Crippen LogP contribution >= 0.6 is 0 Å². The van der Waals surface area contributed by atoms with Crippen molar-refractivity contribution in [3.05, 3.63) is 65.0 Å². The molecule has 0 aromatic heterocycles. The summed E-state index contributed by atoms with van der Waals surface area (Å²) < 4.78 is 143. The zero-order chi connectivity index (χ0) is 32.3. The van der Waals surface area contributed by atoms with Gasteiger partial charge in [0.15, 0.2) is 9.84 Å². The third-order valence-corrected chi connectivity index (χ3v) is 11.9. The van der Waals surface area contributed by atoms with Gasteiger partial charge in [-0.15, -0.1) is 0 Å². The number of nitrogens with one attached hydrogen (secondary N) is 1. The number of carbonyl (C=O) groups is 1. The molecule has 44 heavy (non-hydrogen) atoms. The maximum absolute atomic E-state index is 15.0. The number of halogens is 8. The van der Waals surface area contributed by atoms with Gasteiger partial charge >= 0.3 is 18.0 Å². The van der Waals surface area contributed by atoms with Gasteiger partial charge in [-0.3, -0.25) is 4.79 Å². The van der Waals surface area contributed by atoms with E-state index in [1.807, 2.05) is 0 Å². The fourth-order valence-corrected chi connectivity index (χ4v) is 9.46. The van der Waals surface area contributed by atoms with E-state index in [-0.39, 0.29) is 74.2 Å². The summed E-state index contributed by atoms with van der Waals surface area (Å²) in [6, 6.07) is 4.49. The Morgan fingerprint density at radius 1 is 0.909 bits per heavy atom. The van der Waals surface area contributed by atoms with E-state index in [0.29, 0.717) is 12.1 Å². The summed E-state index contributed by atoms with van der Waals surface area (Å²) in [6.07, 6.45) is -12.9. The number of aliphatic hydroxyl groups is 1. The second-order valence-electron chi connectivity index (χ2n) is 11.6. The van der Waals surface area contributed by atoms with Crippen LogP contribution in [0.2, 0.25) is 0 Å². The summed E-state index contributed by atoms with van der Waals surface area (Å²) in [6.45, 7) is 0.227. The quantitative estimate of drug-likeness (QED) is 0.326. The van der Waals surface area contributed by atoms with E-state index in [1.54, 1.807) is 0 Å². The number of sulfone groups is 1. The molecule has 3 aliphatic rings. The standard InChI is InChI=1S/C29H29F8NO5S/c30-19-5-7-20(8-6-19)44(41,42)26-11-10-23(38-24(39)25(40)12-14-43-15-13-25)22(26)3-1-2-17-16-18(4-9-21(17)26)27(31,28(32,33)34)29(35,36)37/h4-9,16,22-23,40H,1-3,10-15H2,(H,38,39)/t22-,23+,26+/m0/s1. The Morgan fingerprint density at radius 3 is 2.11 bits per heavy atom. The van der Waals surface area contributed by atoms with Gasteiger partial charge in [-0.25, -0.2) is 17.2 Å². The van der Waals surface area contributed by atoms with Crippen molar-refractivity contribution >= 4 is 15.7 Å². The van der Waals surface area contributed by atoms with Crippen LogP contribution in [-0.2, 0) is 36.2 Å². The lowest BCUT2D eigenvalue weighted by Crippen LogP contribution is -2.55. The number of hydrogen-bond acceptors (Lipinski definition) is 5. The minimum atomic E-state index is -6.36. The van der Waals surface area contributed by atoms with Gasteiger partial charge in [-0.1, -0.05) is 18.2 Å². The van der Waals surface area contributed by atoms with Crippen molar-refractivity contribution in [3.63, 3.8) is 0 Å². The van der Waals surface area contributed by atoms with Crippen LogP contribution < -0.4 is 5.32 Å². The van der Waals surface area contributed by atoms with Crippen LogP contribution in [0.3, 0.4) is 0 Å². The lowest BCUT2D eigenvalue weighted by atomic mass is 9.82. The number of aryl methyl sites for hydroxylation is 1. The van der Waals surface area contributed by atoms with Crippen LogP contribution in [0, 0.1) is 11.7 Å². The molecule has 0 unspecified atom stereocenters. The first-order chi connectivity index (χ1) is 20.4. The van der Waals surface area contributed by atoms with Gasteiger partial charge in [0.05, 0.1) is 4.90 Å². The molecule has 6 nitrogen and oxygen atoms in total. The highest BCUT2D eigenvalue weighted by atomic mass is 32.2. The molecule has 5 rings (SSSR count). The molecule has 3 atom stereocenters. The van der Waals surface area contributed by atoms with E-state index in [9.17, 15) is 49.1 Å². The van der Waals surface area contributed by atoms with Crippen molar-refractivity contribution in [2.24, 2.45) is 5.92 Å². The number of fused-ring (bicyclic) bond motifs is 3. The molecule has 1 aliphatic heterocycles. The zero-order valence-corrected chi connectivity index (χ0v) is 23.9. The van der Waals surface area contributed by atoms with E-state index in [4.69, 9.17) is 4.74 Å². The van der Waals surface area contributed by atoms with Gasteiger partial charge in [0, 0.05) is 43.6 Å². The maximum Gasteiger partial charge on any atom is 0.435 e. The van der Waals surface area contributed by atoms with Gasteiger partial charge in [-0.2, -0.15) is 26.3 Å². The molecule has 2 aromatic rings. The normalized spacial score (nSPS) is 25.9. The van der Waals surface area contributed by atoms with Crippen LogP contribution in [0.5, 0.6) is 0 Å². The molecule has 1 heterocycles. The predicted molar refractivity (Wildman–Crippen MR) is 139 cm³/mol. The van der Waals surface area contributed by atoms with Crippen LogP contribution in [-0.4, -0.2) is 56.6 Å². The van der Waals surface area contributed by atoms with Gasteiger partial charge in [0.25, 0.3) is 5.91 Å². The second kappa shape index (κ2) is 10.9. The maximum atomic E-state index is 15.0. The average Bonchev–Trinajstić information content (AvgIpc) is 3.21. The van der Waals surface area contributed by atoms with Crippen LogP contribution in [0.15, 0.2) is 47.4 Å². The van der Waals surface area contributed by atoms with Crippen LogP contribution in [0.1, 0.15) is 55.2 Å². The molecular weight excluding hydrogens is 626 g/mol. The smallest absolute Gasteiger partial charge is 0.381 e. The fourth-order valence-electron chi connectivity index (χ4n) is 6.99. The Hall–Kier alpha value is -2.78. The number of benzene rings is 2. The lowest BCUT2D eigenvalue weighted by molar-refractivity contribution is -0.348. The first kappa shape index (κ1) is 32.6. The monoisotopic (exact) mass is 655 g/mol. The van der Waals surface area contributed by atoms with Crippen LogP contribution in [0.25, 0.3) is 0 Å². The van der Waals surface area contributed by atoms with Crippen molar-refractivity contribution in [2.45, 2.75) is 84.3 Å². The molecule has 2 aromatic carbocycles. The van der Waals surface area contributed by atoms with Gasteiger partial charge in [-0.05, 0) is 67.5 Å². The lowest BCUT2D eigenvalue weighted by Gasteiger charge is -2.39. The van der Waals surface area contributed by atoms with E-state index in [1.165, 1.54) is 0 Å². The molecule has 1 amide bonds. The summed E-state index contributed by atoms with van der Waals surface area (Å²) in [5.41, 5.74) is -9.54. The van der Waals surface area contributed by atoms with Crippen molar-refractivity contribution in [2.75, 3.05) is 13.2 Å². The minimum absolute atomic E-state index is 0.00968. The Morgan fingerprint density at radius 2 is 1.52 bits per heavy atom. The van der Waals surface area contributed by atoms with E-state index in [0.717, 1.165) is 30.3 Å². The Bertz CT molecular complexity index is 1510. The van der Waals surface area contributed by atoms with E-state index in [2.05, 4.69) is 5.32 Å². The highest BCUT2D eigenvalue weighted by molar-refractivity contribution is 7.92. The minimum Gasteiger partial charge on any atom is -0.381 e. The van der Waals surface area contributed by atoms with Crippen molar-refractivity contribution < 1.29 is 58.2 Å². The largest absolute Gasteiger partial charge is 0.435 e. The molecule has 15 heteroatoms. The number of amides is 1. The predicted octanol–water partition coefficient (Wildman–Crippen LogP) is 5.56. The first-order valence-electron chi connectivity index (χ1n) is 14.0. The van der Waals surface area contributed by atoms with Crippen LogP contribution in [0.4, 0.5) is 35.1 Å². The van der Waals surface area contributed by atoms with Crippen molar-refractivity contribution in [3.8, 4) is 0 Å². The molecular formula is C29H29F8NO5S. The molecule has 0 radical (unpaired) electrons. The molecule has 0 bridgehead atoms. The van der Waals surface area contributed by atoms with Gasteiger partial charge in [0.2, 0.25) is 0 Å². The summed E-state index contributed by atoms with van der Waals surface area (Å²) in [5, 5.41) is 13.7. The number of rotatable bonds is 5. The summed E-state index contributed by atoms with van der Waals surface area (Å²) in [4.78, 5) is 12.9. The molecule has 2 aliphatic carbocycles. The molecule has 0 spiro atoms. The second-order valence-corrected chi connectivity index (χ2v) is 13.8. The summed E-state index contributed by atoms with van der Waals surface area (Å²) >= 11 is 0. The molecule has 1 saturated carbocycles. The first-order valence-corrected chi connectivity index (χ1v) is 15.4. The Labute approximate surface area is 247 Å². The Balaban J connectivity index is 1.66. The Kier molecular flexibility index (Phi) is 8.10. The van der Waals surface area contributed by atoms with Crippen molar-refractivity contribution in [1.82, 2.24) is 5.32 Å². The third-order valence-electron chi connectivity index (χ3n) is 9.28. The zero-order valence-electron chi connectivity index (χ0n) is 23.1. The summed E-state index contributed by atoms with van der Waals surface area (Å²) in [5.74, 6) is -2.45. The molecule has 2 N–H and O–H groups in total. The number of ether oxygens (including phenoxy) is 1. The highest BCUT2D eigenvalue weighted by Crippen LogP contribution is 2.58. The van der Waals surface area contributed by atoms with E-state index >= 15 is 4.39 Å². The van der Waals surface area contributed by atoms with Gasteiger partial charge in [0.1, 0.15) is 16.2 Å².